The van der Waals surface area contributed by atoms with E-state index in [-0.39, 0.29) is 11.9 Å². The summed E-state index contributed by atoms with van der Waals surface area (Å²) < 4.78 is 5.15. The van der Waals surface area contributed by atoms with Gasteiger partial charge < -0.3 is 10.1 Å². The third-order valence-corrected chi connectivity index (χ3v) is 2.93. The van der Waals surface area contributed by atoms with Gasteiger partial charge in [-0.3, -0.25) is 4.79 Å². The molecule has 0 aromatic heterocycles. The lowest BCUT2D eigenvalue weighted by atomic mass is 9.98. The van der Waals surface area contributed by atoms with Crippen LogP contribution in [0.15, 0.2) is 54.6 Å². The van der Waals surface area contributed by atoms with E-state index in [1.807, 2.05) is 54.6 Å². The van der Waals surface area contributed by atoms with Crippen LogP contribution in [0.2, 0.25) is 0 Å². The smallest absolute Gasteiger partial charge is 0.217 e. The van der Waals surface area contributed by atoms with Crippen molar-refractivity contribution < 1.29 is 9.53 Å². The number of benzene rings is 2. The number of rotatable bonds is 4. The lowest BCUT2D eigenvalue weighted by Crippen LogP contribution is -2.26. The van der Waals surface area contributed by atoms with Crippen LogP contribution in [0.25, 0.3) is 0 Å². The van der Waals surface area contributed by atoms with Gasteiger partial charge in [-0.2, -0.15) is 0 Å². The van der Waals surface area contributed by atoms with E-state index in [4.69, 9.17) is 4.74 Å². The first-order valence-electron chi connectivity index (χ1n) is 6.16. The van der Waals surface area contributed by atoms with Crippen molar-refractivity contribution in [2.75, 3.05) is 7.11 Å². The molecule has 1 N–H and O–H groups in total. The topological polar surface area (TPSA) is 38.3 Å². The second-order valence-corrected chi connectivity index (χ2v) is 4.32. The van der Waals surface area contributed by atoms with Crippen molar-refractivity contribution in [3.05, 3.63) is 65.7 Å². The van der Waals surface area contributed by atoms with Crippen LogP contribution >= 0.6 is 0 Å². The summed E-state index contributed by atoms with van der Waals surface area (Å²) in [6.45, 7) is 1.53. The van der Waals surface area contributed by atoms with Crippen LogP contribution in [-0.4, -0.2) is 13.0 Å². The maximum atomic E-state index is 11.4. The van der Waals surface area contributed by atoms with Crippen molar-refractivity contribution in [3.63, 3.8) is 0 Å². The molecule has 0 saturated heterocycles. The summed E-state index contributed by atoms with van der Waals surface area (Å²) in [4.78, 5) is 11.4. The molecule has 0 fully saturated rings. The normalized spacial score (nSPS) is 11.7. The average molecular weight is 255 g/mol. The zero-order valence-corrected chi connectivity index (χ0v) is 11.1. The minimum atomic E-state index is -0.135. The fraction of sp³-hybridized carbons (Fsp3) is 0.188. The first-order chi connectivity index (χ1) is 9.20. The Hall–Kier alpha value is -2.29. The summed E-state index contributed by atoms with van der Waals surface area (Å²) in [5, 5.41) is 2.97. The standard InChI is InChI=1S/C16H17NO2/c1-12(18)17-16(13-6-4-3-5-7-13)14-8-10-15(19-2)11-9-14/h3-11,16H,1-2H3,(H,17,18). The first kappa shape index (κ1) is 13.1. The maximum absolute atomic E-state index is 11.4. The number of nitrogens with one attached hydrogen (secondary N) is 1. The van der Waals surface area contributed by atoms with Crippen molar-refractivity contribution >= 4 is 5.91 Å². The monoisotopic (exact) mass is 255 g/mol. The Labute approximate surface area is 113 Å². The third-order valence-electron chi connectivity index (χ3n) is 2.93. The summed E-state index contributed by atoms with van der Waals surface area (Å²) in [6, 6.07) is 17.5. The van der Waals surface area contributed by atoms with Crippen LogP contribution in [0, 0.1) is 0 Å². The molecule has 2 aromatic rings. The molecule has 1 atom stereocenters. The van der Waals surface area contributed by atoms with Crippen molar-refractivity contribution in [1.29, 1.82) is 0 Å². The molecule has 2 aromatic carbocycles. The maximum Gasteiger partial charge on any atom is 0.217 e. The average Bonchev–Trinajstić information content (AvgIpc) is 2.46. The predicted octanol–water partition coefficient (Wildman–Crippen LogP) is 2.92. The van der Waals surface area contributed by atoms with E-state index in [0.29, 0.717) is 0 Å². The van der Waals surface area contributed by atoms with E-state index in [2.05, 4.69) is 5.32 Å². The highest BCUT2D eigenvalue weighted by Gasteiger charge is 2.14. The Morgan fingerprint density at radius 2 is 1.58 bits per heavy atom. The molecule has 19 heavy (non-hydrogen) atoms. The van der Waals surface area contributed by atoms with Gasteiger partial charge in [0.15, 0.2) is 0 Å². The quantitative estimate of drug-likeness (QED) is 0.912. The van der Waals surface area contributed by atoms with Gasteiger partial charge in [0.05, 0.1) is 13.2 Å². The zero-order valence-electron chi connectivity index (χ0n) is 11.1. The fourth-order valence-electron chi connectivity index (χ4n) is 2.00. The second-order valence-electron chi connectivity index (χ2n) is 4.32. The Kier molecular flexibility index (Phi) is 4.18. The number of carbonyl (C=O) groups excluding carboxylic acids is 1. The van der Waals surface area contributed by atoms with Gasteiger partial charge in [0.1, 0.15) is 5.75 Å². The minimum absolute atomic E-state index is 0.0512. The number of carbonyl (C=O) groups is 1. The van der Waals surface area contributed by atoms with Gasteiger partial charge in [0.25, 0.3) is 0 Å². The largest absolute Gasteiger partial charge is 0.497 e. The van der Waals surface area contributed by atoms with E-state index in [0.717, 1.165) is 16.9 Å². The molecule has 0 heterocycles. The van der Waals surface area contributed by atoms with Crippen LogP contribution in [-0.2, 0) is 4.79 Å². The van der Waals surface area contributed by atoms with Gasteiger partial charge in [0, 0.05) is 6.92 Å². The molecule has 98 valence electrons. The molecule has 3 heteroatoms. The number of hydrogen-bond acceptors (Lipinski definition) is 2. The molecule has 0 radical (unpaired) electrons. The molecule has 2 rings (SSSR count). The highest BCUT2D eigenvalue weighted by atomic mass is 16.5. The second kappa shape index (κ2) is 6.05. The van der Waals surface area contributed by atoms with Crippen molar-refractivity contribution in [3.8, 4) is 5.75 Å². The molecule has 0 aliphatic heterocycles. The van der Waals surface area contributed by atoms with Gasteiger partial charge in [-0.1, -0.05) is 42.5 Å². The number of methoxy groups -OCH3 is 1. The molecule has 0 aliphatic carbocycles. The van der Waals surface area contributed by atoms with Crippen LogP contribution in [0.1, 0.15) is 24.1 Å². The Bertz CT molecular complexity index is 534. The van der Waals surface area contributed by atoms with Gasteiger partial charge in [-0.15, -0.1) is 0 Å². The van der Waals surface area contributed by atoms with E-state index >= 15 is 0 Å². The molecule has 3 nitrogen and oxygen atoms in total. The van der Waals surface area contributed by atoms with Gasteiger partial charge in [-0.05, 0) is 23.3 Å². The van der Waals surface area contributed by atoms with Crippen LogP contribution < -0.4 is 10.1 Å². The number of amides is 1. The lowest BCUT2D eigenvalue weighted by Gasteiger charge is -2.19. The predicted molar refractivity (Wildman–Crippen MR) is 75.1 cm³/mol. The number of hydrogen-bond donors (Lipinski definition) is 1. The van der Waals surface area contributed by atoms with Crippen molar-refractivity contribution in [2.24, 2.45) is 0 Å². The number of ether oxygens (including phenoxy) is 1. The van der Waals surface area contributed by atoms with Crippen LogP contribution in [0.3, 0.4) is 0 Å². The van der Waals surface area contributed by atoms with Gasteiger partial charge in [0.2, 0.25) is 5.91 Å². The molecule has 0 aliphatic rings. The van der Waals surface area contributed by atoms with Crippen molar-refractivity contribution in [1.82, 2.24) is 5.32 Å². The van der Waals surface area contributed by atoms with E-state index in [9.17, 15) is 4.79 Å². The van der Waals surface area contributed by atoms with Gasteiger partial charge in [-0.25, -0.2) is 0 Å². The van der Waals surface area contributed by atoms with Gasteiger partial charge >= 0.3 is 0 Å². The molecular formula is C16H17NO2. The van der Waals surface area contributed by atoms with Crippen molar-refractivity contribution in [2.45, 2.75) is 13.0 Å². The Morgan fingerprint density at radius 3 is 2.11 bits per heavy atom. The Balaban J connectivity index is 2.34. The first-order valence-corrected chi connectivity index (χ1v) is 6.16. The molecule has 0 saturated carbocycles. The molecule has 1 amide bonds. The van der Waals surface area contributed by atoms with E-state index in [1.165, 1.54) is 6.92 Å². The lowest BCUT2D eigenvalue weighted by molar-refractivity contribution is -0.119. The zero-order chi connectivity index (χ0) is 13.7. The highest BCUT2D eigenvalue weighted by molar-refractivity contribution is 5.74. The molecular weight excluding hydrogens is 238 g/mol. The summed E-state index contributed by atoms with van der Waals surface area (Å²) in [7, 11) is 1.64. The highest BCUT2D eigenvalue weighted by Crippen LogP contribution is 2.23. The minimum Gasteiger partial charge on any atom is -0.497 e. The van der Waals surface area contributed by atoms with E-state index in [1.54, 1.807) is 7.11 Å². The van der Waals surface area contributed by atoms with Crippen LogP contribution in [0.5, 0.6) is 5.75 Å². The van der Waals surface area contributed by atoms with E-state index < -0.39 is 0 Å². The van der Waals surface area contributed by atoms with Crippen LogP contribution in [0.4, 0.5) is 0 Å². The SMILES string of the molecule is COc1ccc(C(NC(C)=O)c2ccccc2)cc1. The molecule has 0 spiro atoms. The summed E-state index contributed by atoms with van der Waals surface area (Å²) >= 11 is 0. The molecule has 1 unspecified atom stereocenters. The summed E-state index contributed by atoms with van der Waals surface area (Å²) in [6.07, 6.45) is 0. The summed E-state index contributed by atoms with van der Waals surface area (Å²) in [5.41, 5.74) is 2.09. The molecule has 0 bridgehead atoms. The fourth-order valence-corrected chi connectivity index (χ4v) is 2.00. The summed E-state index contributed by atoms with van der Waals surface area (Å²) in [5.74, 6) is 0.753. The third kappa shape index (κ3) is 3.35. The Morgan fingerprint density at radius 1 is 1.00 bits per heavy atom.